The quantitative estimate of drug-likeness (QED) is 0.559. The van der Waals surface area contributed by atoms with E-state index in [0.29, 0.717) is 43.0 Å². The fourth-order valence-corrected chi connectivity index (χ4v) is 3.78. The van der Waals surface area contributed by atoms with Crippen molar-refractivity contribution in [2.75, 3.05) is 28.6 Å². The van der Waals surface area contributed by atoms with Crippen LogP contribution in [-0.2, 0) is 9.59 Å². The maximum absolute atomic E-state index is 12.7. The van der Waals surface area contributed by atoms with Crippen molar-refractivity contribution in [3.8, 4) is 0 Å². The summed E-state index contributed by atoms with van der Waals surface area (Å²) in [7, 11) is 0. The first-order chi connectivity index (χ1) is 14.5. The molecule has 30 heavy (non-hydrogen) atoms. The van der Waals surface area contributed by atoms with Crippen LogP contribution in [0.3, 0.4) is 0 Å². The van der Waals surface area contributed by atoms with Crippen molar-refractivity contribution < 1.29 is 14.5 Å². The van der Waals surface area contributed by atoms with Crippen LogP contribution in [-0.4, -0.2) is 29.8 Å². The van der Waals surface area contributed by atoms with Crippen molar-refractivity contribution in [1.29, 1.82) is 0 Å². The third-order valence-electron chi connectivity index (χ3n) is 5.63. The fourth-order valence-electron chi connectivity index (χ4n) is 3.78. The summed E-state index contributed by atoms with van der Waals surface area (Å²) in [5, 5.41) is 17.1. The summed E-state index contributed by atoms with van der Waals surface area (Å²) in [6.07, 6.45) is 3.12. The lowest BCUT2D eigenvalue weighted by Crippen LogP contribution is -2.38. The Kier molecular flexibility index (Phi) is 5.65. The number of hydrogen-bond donors (Lipinski definition) is 2. The van der Waals surface area contributed by atoms with Gasteiger partial charge >= 0.3 is 0 Å². The average Bonchev–Trinajstić information content (AvgIpc) is 3.60. The van der Waals surface area contributed by atoms with Crippen LogP contribution in [0.25, 0.3) is 0 Å². The predicted molar refractivity (Wildman–Crippen MR) is 114 cm³/mol. The highest BCUT2D eigenvalue weighted by Crippen LogP contribution is 2.32. The van der Waals surface area contributed by atoms with Crippen LogP contribution in [0, 0.1) is 22.0 Å². The van der Waals surface area contributed by atoms with Crippen LogP contribution in [0.15, 0.2) is 48.5 Å². The molecule has 156 valence electrons. The molecule has 0 aromatic heterocycles. The SMILES string of the molecule is O=C(Nc1cccc(NC(=O)C2CCN(c3ccccc3[N+](=O)[O-])CC2)c1)C1CC1. The summed E-state index contributed by atoms with van der Waals surface area (Å²) in [5.74, 6) is -0.0775. The van der Waals surface area contributed by atoms with Crippen molar-refractivity contribution in [3.05, 3.63) is 58.6 Å². The molecular formula is C22H24N4O4. The number of benzene rings is 2. The number of nitro benzene ring substituents is 1. The van der Waals surface area contributed by atoms with Crippen molar-refractivity contribution in [2.24, 2.45) is 11.8 Å². The lowest BCUT2D eigenvalue weighted by Gasteiger charge is -2.32. The van der Waals surface area contributed by atoms with Gasteiger partial charge in [0.15, 0.2) is 0 Å². The van der Waals surface area contributed by atoms with Crippen LogP contribution in [0.4, 0.5) is 22.7 Å². The number of nitrogens with one attached hydrogen (secondary N) is 2. The van der Waals surface area contributed by atoms with Crippen molar-refractivity contribution >= 4 is 34.6 Å². The zero-order valence-electron chi connectivity index (χ0n) is 16.5. The van der Waals surface area contributed by atoms with Crippen molar-refractivity contribution in [1.82, 2.24) is 0 Å². The molecule has 2 amide bonds. The van der Waals surface area contributed by atoms with E-state index in [1.807, 2.05) is 4.90 Å². The third-order valence-corrected chi connectivity index (χ3v) is 5.63. The molecule has 8 heteroatoms. The van der Waals surface area contributed by atoms with Crippen LogP contribution in [0.5, 0.6) is 0 Å². The monoisotopic (exact) mass is 408 g/mol. The zero-order valence-corrected chi connectivity index (χ0v) is 16.5. The topological polar surface area (TPSA) is 105 Å². The number of anilines is 3. The Bertz CT molecular complexity index is 965. The number of amides is 2. The molecule has 1 aliphatic carbocycles. The van der Waals surface area contributed by atoms with Gasteiger partial charge in [0.25, 0.3) is 5.69 Å². The van der Waals surface area contributed by atoms with Gasteiger partial charge in [-0.05, 0) is 49.9 Å². The van der Waals surface area contributed by atoms with Gasteiger partial charge in [0.2, 0.25) is 11.8 Å². The minimum Gasteiger partial charge on any atom is -0.366 e. The van der Waals surface area contributed by atoms with E-state index in [4.69, 9.17) is 0 Å². The summed E-state index contributed by atoms with van der Waals surface area (Å²) in [5.41, 5.74) is 2.01. The first-order valence-electron chi connectivity index (χ1n) is 10.2. The van der Waals surface area contributed by atoms with E-state index < -0.39 is 0 Å². The summed E-state index contributed by atoms with van der Waals surface area (Å²) >= 11 is 0. The van der Waals surface area contributed by atoms with Gasteiger partial charge in [0.1, 0.15) is 5.69 Å². The molecule has 0 radical (unpaired) electrons. The normalized spacial score (nSPS) is 16.7. The van der Waals surface area contributed by atoms with Gasteiger partial charge in [0, 0.05) is 42.4 Å². The van der Waals surface area contributed by atoms with E-state index in [0.717, 1.165) is 12.8 Å². The molecule has 1 heterocycles. The zero-order chi connectivity index (χ0) is 21.1. The van der Waals surface area contributed by atoms with Gasteiger partial charge < -0.3 is 15.5 Å². The van der Waals surface area contributed by atoms with Gasteiger partial charge in [-0.15, -0.1) is 0 Å². The van der Waals surface area contributed by atoms with Gasteiger partial charge in [0.05, 0.1) is 4.92 Å². The Balaban J connectivity index is 1.34. The number of rotatable bonds is 6. The van der Waals surface area contributed by atoms with Crippen LogP contribution >= 0.6 is 0 Å². The second-order valence-electron chi connectivity index (χ2n) is 7.84. The fraction of sp³-hybridized carbons (Fsp3) is 0.364. The lowest BCUT2D eigenvalue weighted by atomic mass is 9.95. The number of para-hydroxylation sites is 2. The smallest absolute Gasteiger partial charge is 0.292 e. The highest BCUT2D eigenvalue weighted by Gasteiger charge is 2.30. The standard InChI is InChI=1S/C22H24N4O4/c27-21(15-8-9-15)23-17-4-3-5-18(14-17)24-22(28)16-10-12-25(13-11-16)19-6-1-2-7-20(19)26(29)30/h1-7,14-16H,8-13H2,(H,23,27)(H,24,28). The van der Waals surface area contributed by atoms with E-state index in [2.05, 4.69) is 10.6 Å². The number of hydrogen-bond acceptors (Lipinski definition) is 5. The molecule has 0 bridgehead atoms. The van der Waals surface area contributed by atoms with E-state index in [1.54, 1.807) is 42.5 Å². The Morgan fingerprint density at radius 3 is 2.00 bits per heavy atom. The second kappa shape index (κ2) is 8.52. The number of piperidine rings is 1. The Morgan fingerprint density at radius 1 is 0.867 bits per heavy atom. The molecule has 4 rings (SSSR count). The first-order valence-corrected chi connectivity index (χ1v) is 10.2. The van der Waals surface area contributed by atoms with E-state index in [9.17, 15) is 19.7 Å². The second-order valence-corrected chi connectivity index (χ2v) is 7.84. The molecule has 2 aromatic carbocycles. The summed E-state index contributed by atoms with van der Waals surface area (Å²) in [4.78, 5) is 37.5. The van der Waals surface area contributed by atoms with Gasteiger partial charge in [-0.3, -0.25) is 19.7 Å². The first kappa shape index (κ1) is 19.9. The molecule has 2 fully saturated rings. The Labute approximate surface area is 174 Å². The summed E-state index contributed by atoms with van der Waals surface area (Å²) in [6.45, 7) is 1.17. The Hall–Kier alpha value is -3.42. The van der Waals surface area contributed by atoms with Gasteiger partial charge in [-0.2, -0.15) is 0 Å². The number of nitro groups is 1. The molecule has 8 nitrogen and oxygen atoms in total. The molecule has 1 saturated carbocycles. The van der Waals surface area contributed by atoms with Crippen molar-refractivity contribution in [3.63, 3.8) is 0 Å². The summed E-state index contributed by atoms with van der Waals surface area (Å²) < 4.78 is 0. The van der Waals surface area contributed by atoms with E-state index in [1.165, 1.54) is 6.07 Å². The number of carbonyl (C=O) groups excluding carboxylic acids is 2. The van der Waals surface area contributed by atoms with Crippen molar-refractivity contribution in [2.45, 2.75) is 25.7 Å². The van der Waals surface area contributed by atoms with Gasteiger partial charge in [-0.1, -0.05) is 18.2 Å². The minimum absolute atomic E-state index is 0.0286. The van der Waals surface area contributed by atoms with Crippen LogP contribution in [0.2, 0.25) is 0 Å². The maximum Gasteiger partial charge on any atom is 0.292 e. The summed E-state index contributed by atoms with van der Waals surface area (Å²) in [6, 6.07) is 13.9. The predicted octanol–water partition coefficient (Wildman–Crippen LogP) is 3.80. The average molecular weight is 408 g/mol. The molecule has 0 spiro atoms. The third kappa shape index (κ3) is 4.59. The van der Waals surface area contributed by atoms with Gasteiger partial charge in [-0.25, -0.2) is 0 Å². The number of carbonyl (C=O) groups is 2. The molecule has 2 aliphatic rings. The molecule has 2 aromatic rings. The number of nitrogens with zero attached hydrogens (tertiary/aromatic N) is 2. The molecule has 0 unspecified atom stereocenters. The van der Waals surface area contributed by atoms with E-state index >= 15 is 0 Å². The molecular weight excluding hydrogens is 384 g/mol. The largest absolute Gasteiger partial charge is 0.366 e. The maximum atomic E-state index is 12.7. The van der Waals surface area contributed by atoms with Crippen LogP contribution < -0.4 is 15.5 Å². The molecule has 2 N–H and O–H groups in total. The minimum atomic E-state index is -0.372. The Morgan fingerprint density at radius 2 is 1.43 bits per heavy atom. The molecule has 1 saturated heterocycles. The lowest BCUT2D eigenvalue weighted by molar-refractivity contribution is -0.384. The molecule has 1 aliphatic heterocycles. The highest BCUT2D eigenvalue weighted by atomic mass is 16.6. The van der Waals surface area contributed by atoms with E-state index in [-0.39, 0.29) is 34.3 Å². The molecule has 0 atom stereocenters. The van der Waals surface area contributed by atoms with Crippen LogP contribution in [0.1, 0.15) is 25.7 Å². The highest BCUT2D eigenvalue weighted by molar-refractivity contribution is 5.96.